The van der Waals surface area contributed by atoms with Gasteiger partial charge in [0.25, 0.3) is 5.91 Å². The van der Waals surface area contributed by atoms with Gasteiger partial charge in [0.15, 0.2) is 0 Å². The first-order chi connectivity index (χ1) is 12.6. The highest BCUT2D eigenvalue weighted by Gasteiger charge is 2.31. The Morgan fingerprint density at radius 2 is 1.88 bits per heavy atom. The van der Waals surface area contributed by atoms with Crippen LogP contribution < -0.4 is 10.2 Å². The summed E-state index contributed by atoms with van der Waals surface area (Å²) in [6.45, 7) is 8.27. The topological polar surface area (TPSA) is 38.8 Å². The van der Waals surface area contributed by atoms with E-state index >= 15 is 0 Å². The van der Waals surface area contributed by atoms with E-state index in [0.29, 0.717) is 23.3 Å². The zero-order valence-electron chi connectivity index (χ0n) is 15.6. The second kappa shape index (κ2) is 7.53. The molecule has 3 saturated heterocycles. The predicted molar refractivity (Wildman–Crippen MR) is 101 cm³/mol. The standard InChI is InChI=1S/C20H29FN4O/c1-2-23-9-11-24(12-10-23)19-6-3-15(13-18(19)21)20(26)25-8-7-16-4-5-17(14-25)22-16/h3,6,13,16-17,22H,2,4-5,7-12,14H2,1H3. The molecule has 1 N–H and O–H groups in total. The summed E-state index contributed by atoms with van der Waals surface area (Å²) in [5.41, 5.74) is 1.09. The number of benzene rings is 1. The number of hydrogen-bond acceptors (Lipinski definition) is 4. The molecule has 26 heavy (non-hydrogen) atoms. The van der Waals surface area contributed by atoms with Crippen LogP contribution in [0.2, 0.25) is 0 Å². The minimum Gasteiger partial charge on any atom is -0.367 e. The summed E-state index contributed by atoms with van der Waals surface area (Å²) < 4.78 is 14.7. The number of nitrogens with one attached hydrogen (secondary N) is 1. The summed E-state index contributed by atoms with van der Waals surface area (Å²) in [4.78, 5) is 19.2. The van der Waals surface area contributed by atoms with Crippen LogP contribution in [0.4, 0.5) is 10.1 Å². The predicted octanol–water partition coefficient (Wildman–Crippen LogP) is 1.93. The second-order valence-electron chi connectivity index (χ2n) is 7.77. The Hall–Kier alpha value is -1.66. The smallest absolute Gasteiger partial charge is 0.254 e. The lowest BCUT2D eigenvalue weighted by atomic mass is 10.1. The zero-order valence-corrected chi connectivity index (χ0v) is 15.6. The van der Waals surface area contributed by atoms with Crippen LogP contribution in [0.1, 0.15) is 36.5 Å². The molecule has 1 aromatic rings. The highest BCUT2D eigenvalue weighted by Crippen LogP contribution is 2.25. The monoisotopic (exact) mass is 360 g/mol. The Morgan fingerprint density at radius 1 is 1.12 bits per heavy atom. The number of hydrogen-bond donors (Lipinski definition) is 1. The van der Waals surface area contributed by atoms with Crippen LogP contribution in [0.15, 0.2) is 18.2 Å². The maximum atomic E-state index is 14.7. The number of nitrogens with zero attached hydrogens (tertiary/aromatic N) is 3. The summed E-state index contributed by atoms with van der Waals surface area (Å²) >= 11 is 0. The van der Waals surface area contributed by atoms with Crippen molar-refractivity contribution in [3.8, 4) is 0 Å². The van der Waals surface area contributed by atoms with Crippen molar-refractivity contribution in [1.29, 1.82) is 0 Å². The minimum atomic E-state index is -0.282. The minimum absolute atomic E-state index is 0.0411. The van der Waals surface area contributed by atoms with E-state index in [0.717, 1.165) is 58.7 Å². The molecule has 0 saturated carbocycles. The van der Waals surface area contributed by atoms with Gasteiger partial charge in [-0.15, -0.1) is 0 Å². The Labute approximate surface area is 155 Å². The largest absolute Gasteiger partial charge is 0.367 e. The fourth-order valence-corrected chi connectivity index (χ4v) is 4.51. The van der Waals surface area contributed by atoms with Gasteiger partial charge in [-0.3, -0.25) is 4.79 Å². The van der Waals surface area contributed by atoms with Gasteiger partial charge in [-0.05, 0) is 44.0 Å². The van der Waals surface area contributed by atoms with E-state index in [9.17, 15) is 9.18 Å². The van der Waals surface area contributed by atoms with E-state index in [4.69, 9.17) is 0 Å². The molecule has 0 aromatic heterocycles. The Kier molecular flexibility index (Phi) is 5.14. The normalized spacial score (nSPS) is 26.8. The van der Waals surface area contributed by atoms with Crippen LogP contribution in [0.5, 0.6) is 0 Å². The van der Waals surface area contributed by atoms with E-state index in [1.165, 1.54) is 12.5 Å². The molecule has 0 spiro atoms. The molecular weight excluding hydrogens is 331 g/mol. The maximum Gasteiger partial charge on any atom is 0.254 e. The van der Waals surface area contributed by atoms with Crippen molar-refractivity contribution in [3.05, 3.63) is 29.6 Å². The number of likely N-dealkylation sites (tertiary alicyclic amines) is 1. The summed E-state index contributed by atoms with van der Waals surface area (Å²) in [6, 6.07) is 5.94. The molecule has 4 rings (SSSR count). The first-order valence-corrected chi connectivity index (χ1v) is 9.96. The number of anilines is 1. The molecule has 1 amide bonds. The molecule has 2 bridgehead atoms. The molecule has 3 fully saturated rings. The molecule has 3 aliphatic heterocycles. The number of amides is 1. The van der Waals surface area contributed by atoms with Gasteiger partial charge in [0.2, 0.25) is 0 Å². The number of carbonyl (C=O) groups is 1. The van der Waals surface area contributed by atoms with Crippen molar-refractivity contribution >= 4 is 11.6 Å². The molecular formula is C20H29FN4O. The number of likely N-dealkylation sites (N-methyl/N-ethyl adjacent to an activating group) is 1. The number of fused-ring (bicyclic) bond motifs is 2. The highest BCUT2D eigenvalue weighted by atomic mass is 19.1. The van der Waals surface area contributed by atoms with E-state index < -0.39 is 0 Å². The summed E-state index contributed by atoms with van der Waals surface area (Å²) in [7, 11) is 0. The Balaban J connectivity index is 1.44. The lowest BCUT2D eigenvalue weighted by Crippen LogP contribution is -2.46. The van der Waals surface area contributed by atoms with E-state index in [1.54, 1.807) is 12.1 Å². The summed E-state index contributed by atoms with van der Waals surface area (Å²) in [6.07, 6.45) is 3.33. The average molecular weight is 360 g/mol. The van der Waals surface area contributed by atoms with Crippen molar-refractivity contribution < 1.29 is 9.18 Å². The van der Waals surface area contributed by atoms with Gasteiger partial charge >= 0.3 is 0 Å². The Bertz CT molecular complexity index is 659. The number of rotatable bonds is 3. The molecule has 0 aliphatic carbocycles. The number of halogens is 1. The van der Waals surface area contributed by atoms with Crippen LogP contribution in [-0.2, 0) is 0 Å². The lowest BCUT2D eigenvalue weighted by Gasteiger charge is -2.35. The molecule has 5 nitrogen and oxygen atoms in total. The number of piperazine rings is 1. The van der Waals surface area contributed by atoms with Crippen molar-refractivity contribution in [1.82, 2.24) is 15.1 Å². The second-order valence-corrected chi connectivity index (χ2v) is 7.77. The van der Waals surface area contributed by atoms with Gasteiger partial charge in [0, 0.05) is 56.9 Å². The van der Waals surface area contributed by atoms with E-state index in [-0.39, 0.29) is 11.7 Å². The van der Waals surface area contributed by atoms with Crippen molar-refractivity contribution in [2.24, 2.45) is 0 Å². The van der Waals surface area contributed by atoms with Crippen LogP contribution in [0, 0.1) is 5.82 Å². The molecule has 1 aromatic carbocycles. The quantitative estimate of drug-likeness (QED) is 0.894. The van der Waals surface area contributed by atoms with Crippen LogP contribution in [0.25, 0.3) is 0 Å². The van der Waals surface area contributed by atoms with Gasteiger partial charge in [0.1, 0.15) is 5.82 Å². The van der Waals surface area contributed by atoms with Gasteiger partial charge in [0.05, 0.1) is 5.69 Å². The van der Waals surface area contributed by atoms with Crippen molar-refractivity contribution in [2.45, 2.75) is 38.3 Å². The van der Waals surface area contributed by atoms with Crippen LogP contribution in [-0.4, -0.2) is 73.6 Å². The fourth-order valence-electron chi connectivity index (χ4n) is 4.51. The molecule has 3 heterocycles. The molecule has 142 valence electrons. The first-order valence-electron chi connectivity index (χ1n) is 9.96. The Morgan fingerprint density at radius 3 is 2.62 bits per heavy atom. The van der Waals surface area contributed by atoms with Gasteiger partial charge < -0.3 is 20.0 Å². The molecule has 0 radical (unpaired) electrons. The van der Waals surface area contributed by atoms with Crippen LogP contribution in [0.3, 0.4) is 0 Å². The fraction of sp³-hybridized carbons (Fsp3) is 0.650. The third-order valence-electron chi connectivity index (χ3n) is 6.17. The van der Waals surface area contributed by atoms with E-state index in [2.05, 4.69) is 22.0 Å². The summed E-state index contributed by atoms with van der Waals surface area (Å²) in [5, 5.41) is 3.58. The van der Waals surface area contributed by atoms with Crippen molar-refractivity contribution in [2.75, 3.05) is 50.7 Å². The van der Waals surface area contributed by atoms with Crippen LogP contribution >= 0.6 is 0 Å². The zero-order chi connectivity index (χ0) is 18.1. The third-order valence-corrected chi connectivity index (χ3v) is 6.17. The average Bonchev–Trinajstić information content (AvgIpc) is 3.00. The molecule has 3 aliphatic rings. The molecule has 2 unspecified atom stereocenters. The molecule has 2 atom stereocenters. The maximum absolute atomic E-state index is 14.7. The first kappa shape index (κ1) is 17.7. The SMILES string of the molecule is CCN1CCN(c2ccc(C(=O)N3CCC4CCC(C3)N4)cc2F)CC1. The third kappa shape index (κ3) is 3.58. The van der Waals surface area contributed by atoms with E-state index in [1.807, 2.05) is 4.90 Å². The van der Waals surface area contributed by atoms with Gasteiger partial charge in [-0.25, -0.2) is 4.39 Å². The molecule has 6 heteroatoms. The van der Waals surface area contributed by atoms with Gasteiger partial charge in [-0.1, -0.05) is 6.92 Å². The summed E-state index contributed by atoms with van der Waals surface area (Å²) in [5.74, 6) is -0.323. The van der Waals surface area contributed by atoms with Crippen molar-refractivity contribution in [3.63, 3.8) is 0 Å². The van der Waals surface area contributed by atoms with Gasteiger partial charge in [-0.2, -0.15) is 0 Å². The lowest BCUT2D eigenvalue weighted by molar-refractivity contribution is 0.0747. The number of carbonyl (C=O) groups excluding carboxylic acids is 1. The highest BCUT2D eigenvalue weighted by molar-refractivity contribution is 5.94.